The second-order valence-electron chi connectivity index (χ2n) is 4.36. The Morgan fingerprint density at radius 3 is 1.14 bits per heavy atom. The van der Waals surface area contributed by atoms with E-state index in [0.717, 1.165) is 12.8 Å². The third kappa shape index (κ3) is 18.7. The molecule has 0 aromatic carbocycles. The van der Waals surface area contributed by atoms with Crippen molar-refractivity contribution in [1.82, 2.24) is 0 Å². The van der Waals surface area contributed by atoms with Gasteiger partial charge in [0.1, 0.15) is 0 Å². The average molecular weight is 439 g/mol. The molecule has 0 saturated carbocycles. The van der Waals surface area contributed by atoms with Crippen molar-refractivity contribution in [3.63, 3.8) is 0 Å². The van der Waals surface area contributed by atoms with E-state index >= 15 is 0 Å². The Balaban J connectivity index is -0.0000000617. The second kappa shape index (κ2) is 23.9. The van der Waals surface area contributed by atoms with Crippen LogP contribution >= 0.6 is 24.8 Å². The van der Waals surface area contributed by atoms with Gasteiger partial charge in [0, 0.05) is 0 Å². The molecular weight excluding hydrogens is 406 g/mol. The molecule has 0 radical (unpaired) electrons. The fourth-order valence-electron chi connectivity index (χ4n) is 1.30. The van der Waals surface area contributed by atoms with Crippen LogP contribution in [0.25, 0.3) is 0 Å². The van der Waals surface area contributed by atoms with Crippen LogP contribution in [-0.2, 0) is 23.3 Å². The summed E-state index contributed by atoms with van der Waals surface area (Å²) in [6, 6.07) is 0. The first-order chi connectivity index (χ1) is 9.02. The number of rotatable bonds is 0. The molecule has 0 heterocycles. The van der Waals surface area contributed by atoms with Gasteiger partial charge in [0.25, 0.3) is 0 Å². The zero-order valence-electron chi connectivity index (χ0n) is 15.2. The van der Waals surface area contributed by atoms with Gasteiger partial charge in [-0.25, -0.2) is 22.3 Å². The van der Waals surface area contributed by atoms with Crippen molar-refractivity contribution in [3.05, 3.63) is 60.4 Å². The van der Waals surface area contributed by atoms with E-state index in [-0.39, 0.29) is 32.2 Å². The van der Waals surface area contributed by atoms with Crippen LogP contribution in [0, 0.1) is 26.0 Å². The molecule has 0 N–H and O–H groups in total. The van der Waals surface area contributed by atoms with Gasteiger partial charge in [-0.3, -0.25) is 12.2 Å². The first-order valence-corrected chi connectivity index (χ1v) is 12.5. The van der Waals surface area contributed by atoms with Crippen LogP contribution in [-0.4, -0.2) is 6.88 Å². The fraction of sp³-hybridized carbons (Fsp3) is 0.444. The predicted octanol–water partition coefficient (Wildman–Crippen LogP) is 5.78. The van der Waals surface area contributed by atoms with Crippen LogP contribution in [0.3, 0.4) is 0 Å². The molecule has 0 unspecified atom stereocenters. The van der Waals surface area contributed by atoms with E-state index in [1.54, 1.807) is 23.3 Å². The van der Waals surface area contributed by atoms with Crippen molar-refractivity contribution in [2.24, 2.45) is 0 Å². The summed E-state index contributed by atoms with van der Waals surface area (Å²) in [7, 11) is 0. The minimum absolute atomic E-state index is 0. The molecule has 0 saturated heterocycles. The third-order valence-corrected chi connectivity index (χ3v) is 2.73. The first-order valence-electron chi connectivity index (χ1n) is 6.61. The van der Waals surface area contributed by atoms with Crippen molar-refractivity contribution in [1.29, 1.82) is 0 Å². The van der Waals surface area contributed by atoms with Crippen molar-refractivity contribution in [2.45, 2.75) is 54.4 Å². The summed E-state index contributed by atoms with van der Waals surface area (Å²) >= 11 is 1.58. The van der Waals surface area contributed by atoms with Crippen molar-refractivity contribution in [3.8, 4) is 0 Å². The molecule has 2 aliphatic carbocycles. The molecule has 0 atom stereocenters. The van der Waals surface area contributed by atoms with Crippen molar-refractivity contribution >= 4 is 31.7 Å². The zero-order valence-corrected chi connectivity index (χ0v) is 20.7. The number of halogens is 2. The Morgan fingerprint density at radius 1 is 0.864 bits per heavy atom. The third-order valence-electron chi connectivity index (χ3n) is 2.73. The Morgan fingerprint density at radius 2 is 1.09 bits per heavy atom. The average Bonchev–Trinajstić information content (AvgIpc) is 2.94. The van der Waals surface area contributed by atoms with Crippen LogP contribution in [0.5, 0.6) is 0 Å². The molecule has 2 aliphatic rings. The Kier molecular flexibility index (Phi) is 37.0. The summed E-state index contributed by atoms with van der Waals surface area (Å²) in [5.41, 5.74) is 5.42. The van der Waals surface area contributed by atoms with E-state index in [4.69, 9.17) is 0 Å². The monoisotopic (exact) mass is 436 g/mol. The van der Waals surface area contributed by atoms with E-state index in [1.807, 2.05) is 27.1 Å². The second-order valence-corrected chi connectivity index (χ2v) is 4.36. The van der Waals surface area contributed by atoms with Gasteiger partial charge in [-0.1, -0.05) is 13.8 Å². The standard InChI is InChI=1S/2C7H9.C3H7.CH3.2ClH.H2Si.Zr/c2*1-6-4-3-5-7(6)2;1-3-2;;;;;/h2*4H,3H2,1-2H3;3H,1-2H3;1H3;2*1H;1H2;/q4*-1;;;;. The molecule has 0 aromatic rings. The summed E-state index contributed by atoms with van der Waals surface area (Å²) in [6.45, 7) is 14.4. The van der Waals surface area contributed by atoms with Gasteiger partial charge < -0.3 is 13.8 Å². The summed E-state index contributed by atoms with van der Waals surface area (Å²) < 4.78 is 0. The molecule has 0 nitrogen and oxygen atoms in total. The van der Waals surface area contributed by atoms with Crippen LogP contribution in [0.2, 0.25) is 0 Å². The molecule has 0 aromatic heterocycles. The van der Waals surface area contributed by atoms with Gasteiger partial charge in [0.05, 0.1) is 0 Å². The molecule has 2 rings (SSSR count). The molecule has 0 aliphatic heterocycles. The van der Waals surface area contributed by atoms with Gasteiger partial charge in [-0.2, -0.15) is 26.0 Å². The summed E-state index contributed by atoms with van der Waals surface area (Å²) in [6.07, 6.45) is 14.8. The summed E-state index contributed by atoms with van der Waals surface area (Å²) in [5, 5.41) is 0. The van der Waals surface area contributed by atoms with Crippen molar-refractivity contribution < 1.29 is 23.3 Å². The fourth-order valence-corrected chi connectivity index (χ4v) is 1.30. The summed E-state index contributed by atoms with van der Waals surface area (Å²) in [5.74, 6) is 0. The van der Waals surface area contributed by atoms with Crippen LogP contribution in [0.1, 0.15) is 54.4 Å². The topological polar surface area (TPSA) is 0 Å². The van der Waals surface area contributed by atoms with Gasteiger partial charge >= 0.3 is 30.2 Å². The van der Waals surface area contributed by atoms with Crippen LogP contribution < -0.4 is 0 Å². The predicted molar refractivity (Wildman–Crippen MR) is 107 cm³/mol. The van der Waals surface area contributed by atoms with Crippen LogP contribution in [0.4, 0.5) is 0 Å². The quantitative estimate of drug-likeness (QED) is 0.332. The summed E-state index contributed by atoms with van der Waals surface area (Å²) in [4.78, 5) is 0. The Hall–Kier alpha value is 0.640. The Bertz CT molecular complexity index is 303. The molecule has 0 spiro atoms. The normalized spacial score (nSPS) is 13.1. The van der Waals surface area contributed by atoms with Gasteiger partial charge in [0.15, 0.2) is 0 Å². The maximum atomic E-state index is 3.19. The first kappa shape index (κ1) is 34.1. The molecule has 22 heavy (non-hydrogen) atoms. The number of allylic oxidation sites excluding steroid dienone is 8. The van der Waals surface area contributed by atoms with E-state index < -0.39 is 0 Å². The van der Waals surface area contributed by atoms with Gasteiger partial charge in [0.2, 0.25) is 0 Å². The molecule has 4 heteroatoms. The van der Waals surface area contributed by atoms with E-state index in [9.17, 15) is 0 Å². The van der Waals surface area contributed by atoms with E-state index in [0.29, 0.717) is 0 Å². The number of hydrogen-bond donors (Lipinski definition) is 0. The SMILES string of the molecule is CC1=[C-]CC=C1C.CC1=[C-]CC=C1C.C[CH-]C.Cl.Cl.[CH3-].[SiH2]=[Zr]. The Labute approximate surface area is 169 Å². The number of hydrogen-bond acceptors (Lipinski definition) is 0. The van der Waals surface area contributed by atoms with Crippen LogP contribution in [0.15, 0.2) is 34.4 Å². The molecule has 0 fully saturated rings. The van der Waals surface area contributed by atoms with E-state index in [2.05, 4.69) is 52.0 Å². The maximum absolute atomic E-state index is 3.19. The molecule has 0 bridgehead atoms. The van der Waals surface area contributed by atoms with Gasteiger partial charge in [-0.05, 0) is 0 Å². The molecule has 0 amide bonds. The molecular formula is C18H32Cl2SiZr-4. The van der Waals surface area contributed by atoms with E-state index in [1.165, 1.54) is 22.3 Å². The van der Waals surface area contributed by atoms with Gasteiger partial charge in [-0.15, -0.1) is 51.5 Å². The molecule has 130 valence electrons. The zero-order chi connectivity index (χ0) is 15.3. The van der Waals surface area contributed by atoms with Crippen molar-refractivity contribution in [2.75, 3.05) is 0 Å². The minimum atomic E-state index is 0.